The Kier molecular flexibility index (Phi) is 4.42. The van der Waals surface area contributed by atoms with Crippen LogP contribution in [0.15, 0.2) is 39.1 Å². The Morgan fingerprint density at radius 2 is 2.13 bits per heavy atom. The molecule has 0 aliphatic heterocycles. The zero-order valence-electron chi connectivity index (χ0n) is 11.9. The molecule has 9 heteroatoms. The zero-order valence-corrected chi connectivity index (χ0v) is 15.1. The van der Waals surface area contributed by atoms with Crippen LogP contribution in [0.5, 0.6) is 0 Å². The number of carbonyl (C=O) groups excluding carboxylic acids is 1. The van der Waals surface area contributed by atoms with Gasteiger partial charge in [0, 0.05) is 18.7 Å². The number of thiophene rings is 1. The minimum absolute atomic E-state index is 0.0297. The molecular formula is C14H10BrN3O3S2. The van der Waals surface area contributed by atoms with Gasteiger partial charge >= 0.3 is 0 Å². The van der Waals surface area contributed by atoms with Crippen LogP contribution < -0.4 is 4.80 Å². The molecule has 3 rings (SSSR count). The van der Waals surface area contributed by atoms with Gasteiger partial charge in [-0.15, -0.1) is 11.3 Å². The fourth-order valence-electron chi connectivity index (χ4n) is 2.14. The van der Waals surface area contributed by atoms with Gasteiger partial charge in [-0.05, 0) is 41.1 Å². The Morgan fingerprint density at radius 1 is 1.35 bits per heavy atom. The number of nitro benzene ring substituents is 1. The van der Waals surface area contributed by atoms with Crippen molar-refractivity contribution in [3.05, 3.63) is 53.9 Å². The largest absolute Gasteiger partial charge is 0.317 e. The molecule has 23 heavy (non-hydrogen) atoms. The van der Waals surface area contributed by atoms with Gasteiger partial charge in [0.1, 0.15) is 0 Å². The highest BCUT2D eigenvalue weighted by molar-refractivity contribution is 9.11. The highest BCUT2D eigenvalue weighted by Gasteiger charge is 2.13. The second-order valence-corrected chi connectivity index (χ2v) is 8.03. The predicted octanol–water partition coefficient (Wildman–Crippen LogP) is 4.20. The fraction of sp³-hybridized carbons (Fsp3) is 0.143. The highest BCUT2D eigenvalue weighted by atomic mass is 79.9. The third-order valence-electron chi connectivity index (χ3n) is 3.17. The number of halogens is 1. The monoisotopic (exact) mass is 411 g/mol. The number of nitrogens with zero attached hydrogens (tertiary/aromatic N) is 3. The molecule has 0 saturated carbocycles. The molecular weight excluding hydrogens is 402 g/mol. The number of benzene rings is 1. The van der Waals surface area contributed by atoms with Gasteiger partial charge in [-0.1, -0.05) is 11.3 Å². The van der Waals surface area contributed by atoms with Crippen molar-refractivity contribution in [3.8, 4) is 0 Å². The van der Waals surface area contributed by atoms with Crippen LogP contribution in [-0.2, 0) is 6.54 Å². The van der Waals surface area contributed by atoms with Gasteiger partial charge in [0.25, 0.3) is 11.6 Å². The van der Waals surface area contributed by atoms with Crippen molar-refractivity contribution in [1.82, 2.24) is 4.57 Å². The molecule has 0 spiro atoms. The minimum Gasteiger partial charge on any atom is -0.317 e. The molecule has 1 aromatic carbocycles. The van der Waals surface area contributed by atoms with Gasteiger partial charge in [0.2, 0.25) is 0 Å². The fourth-order valence-corrected chi connectivity index (χ4v) is 4.53. The van der Waals surface area contributed by atoms with Gasteiger partial charge in [-0.3, -0.25) is 14.9 Å². The molecule has 0 N–H and O–H groups in total. The van der Waals surface area contributed by atoms with Crippen LogP contribution >= 0.6 is 38.6 Å². The molecule has 0 fully saturated rings. The van der Waals surface area contributed by atoms with Crippen LogP contribution in [0, 0.1) is 10.1 Å². The maximum absolute atomic E-state index is 12.3. The summed E-state index contributed by atoms with van der Waals surface area (Å²) in [4.78, 5) is 28.0. The topological polar surface area (TPSA) is 77.5 Å². The second-order valence-electron chi connectivity index (χ2n) is 4.56. The molecule has 0 aliphatic carbocycles. The van der Waals surface area contributed by atoms with E-state index in [4.69, 9.17) is 0 Å². The maximum Gasteiger partial charge on any atom is 0.289 e. The minimum atomic E-state index is -0.430. The molecule has 0 aliphatic rings. The molecule has 0 atom stereocenters. The SMILES string of the molecule is CCn1c(=NC(=O)c2ccc(Br)s2)sc2cc([N+](=O)[O-])ccc21. The number of amides is 1. The first-order chi connectivity index (χ1) is 11.0. The quantitative estimate of drug-likeness (QED) is 0.478. The van der Waals surface area contributed by atoms with E-state index < -0.39 is 4.92 Å². The van der Waals surface area contributed by atoms with E-state index in [1.54, 1.807) is 18.2 Å². The molecule has 0 bridgehead atoms. The number of hydrogen-bond acceptors (Lipinski definition) is 5. The van der Waals surface area contributed by atoms with Crippen molar-refractivity contribution < 1.29 is 9.72 Å². The summed E-state index contributed by atoms with van der Waals surface area (Å²) in [6.07, 6.45) is 0. The zero-order chi connectivity index (χ0) is 16.6. The van der Waals surface area contributed by atoms with E-state index in [1.807, 2.05) is 11.5 Å². The number of nitro groups is 1. The van der Waals surface area contributed by atoms with Gasteiger partial charge in [0.15, 0.2) is 4.80 Å². The van der Waals surface area contributed by atoms with Crippen molar-refractivity contribution in [2.75, 3.05) is 0 Å². The molecule has 2 heterocycles. The van der Waals surface area contributed by atoms with Gasteiger partial charge in [-0.2, -0.15) is 4.99 Å². The summed E-state index contributed by atoms with van der Waals surface area (Å²) >= 11 is 5.92. The lowest BCUT2D eigenvalue weighted by molar-refractivity contribution is -0.384. The van der Waals surface area contributed by atoms with Crippen LogP contribution in [0.4, 0.5) is 5.69 Å². The molecule has 0 unspecified atom stereocenters. The Labute approximate surface area is 147 Å². The summed E-state index contributed by atoms with van der Waals surface area (Å²) in [6, 6.07) is 8.18. The predicted molar refractivity (Wildman–Crippen MR) is 94.1 cm³/mol. The number of thiazole rings is 1. The van der Waals surface area contributed by atoms with Crippen LogP contribution in [0.2, 0.25) is 0 Å². The van der Waals surface area contributed by atoms with Crippen LogP contribution in [0.1, 0.15) is 16.6 Å². The number of hydrogen-bond donors (Lipinski definition) is 0. The third kappa shape index (κ3) is 3.12. The first-order valence-electron chi connectivity index (χ1n) is 6.61. The van der Waals surface area contributed by atoms with Crippen molar-refractivity contribution in [2.45, 2.75) is 13.5 Å². The van der Waals surface area contributed by atoms with E-state index in [9.17, 15) is 14.9 Å². The standard InChI is InChI=1S/C14H10BrN3O3S2/c1-2-17-9-4-3-8(18(20)21)7-11(9)23-14(17)16-13(19)10-5-6-12(15)22-10/h3-7H,2H2,1H3. The maximum atomic E-state index is 12.3. The van der Waals surface area contributed by atoms with E-state index in [2.05, 4.69) is 20.9 Å². The average Bonchev–Trinajstić information content (AvgIpc) is 3.09. The molecule has 0 saturated heterocycles. The van der Waals surface area contributed by atoms with E-state index in [0.717, 1.165) is 14.0 Å². The first kappa shape index (κ1) is 16.0. The molecule has 6 nitrogen and oxygen atoms in total. The molecule has 1 amide bonds. The third-order valence-corrected chi connectivity index (χ3v) is 5.83. The summed E-state index contributed by atoms with van der Waals surface area (Å²) in [5, 5.41) is 10.9. The Balaban J connectivity index is 2.14. The van der Waals surface area contributed by atoms with Crippen molar-refractivity contribution in [3.63, 3.8) is 0 Å². The number of aryl methyl sites for hydroxylation is 1. The molecule has 0 radical (unpaired) electrons. The van der Waals surface area contributed by atoms with Crippen LogP contribution in [0.3, 0.4) is 0 Å². The Morgan fingerprint density at radius 3 is 2.74 bits per heavy atom. The van der Waals surface area contributed by atoms with E-state index in [1.165, 1.54) is 34.8 Å². The van der Waals surface area contributed by atoms with Crippen molar-refractivity contribution in [2.24, 2.45) is 4.99 Å². The summed E-state index contributed by atoms with van der Waals surface area (Å²) in [5.41, 5.74) is 0.865. The lowest BCUT2D eigenvalue weighted by atomic mass is 10.3. The number of aromatic nitrogens is 1. The van der Waals surface area contributed by atoms with Gasteiger partial charge < -0.3 is 4.57 Å². The second kappa shape index (κ2) is 6.34. The van der Waals surface area contributed by atoms with Crippen LogP contribution in [0.25, 0.3) is 10.2 Å². The van der Waals surface area contributed by atoms with Gasteiger partial charge in [0.05, 0.1) is 23.8 Å². The Bertz CT molecular complexity index is 987. The summed E-state index contributed by atoms with van der Waals surface area (Å²) in [6.45, 7) is 2.57. The van der Waals surface area contributed by atoms with Gasteiger partial charge in [-0.25, -0.2) is 0 Å². The number of rotatable bonds is 3. The van der Waals surface area contributed by atoms with E-state index in [0.29, 0.717) is 16.2 Å². The van der Waals surface area contributed by atoms with Crippen LogP contribution in [-0.4, -0.2) is 15.4 Å². The lowest BCUT2D eigenvalue weighted by Gasteiger charge is -1.99. The molecule has 2 aromatic heterocycles. The van der Waals surface area contributed by atoms with E-state index >= 15 is 0 Å². The Hall–Kier alpha value is -1.84. The number of carbonyl (C=O) groups is 1. The average molecular weight is 412 g/mol. The summed E-state index contributed by atoms with van der Waals surface area (Å²) in [5.74, 6) is -0.316. The smallest absolute Gasteiger partial charge is 0.289 e. The number of fused-ring (bicyclic) bond motifs is 1. The molecule has 3 aromatic rings. The van der Waals surface area contributed by atoms with Crippen molar-refractivity contribution in [1.29, 1.82) is 0 Å². The summed E-state index contributed by atoms with van der Waals surface area (Å²) in [7, 11) is 0. The first-order valence-corrected chi connectivity index (χ1v) is 9.04. The van der Waals surface area contributed by atoms with E-state index in [-0.39, 0.29) is 11.6 Å². The van der Waals surface area contributed by atoms with Crippen molar-refractivity contribution >= 4 is 60.4 Å². The normalized spacial score (nSPS) is 12.0. The summed E-state index contributed by atoms with van der Waals surface area (Å²) < 4.78 is 3.48. The highest BCUT2D eigenvalue weighted by Crippen LogP contribution is 2.24. The number of non-ortho nitro benzene ring substituents is 1. The lowest BCUT2D eigenvalue weighted by Crippen LogP contribution is -2.15. The molecule has 118 valence electrons.